The van der Waals surface area contributed by atoms with Crippen molar-refractivity contribution in [2.45, 2.75) is 103 Å². The van der Waals surface area contributed by atoms with E-state index in [1.165, 1.54) is 46.2 Å². The number of methoxy groups -OCH3 is 1. The smallest absolute Gasteiger partial charge is 0.309 e. The second kappa shape index (κ2) is 11.7. The normalized spacial score (nSPS) is 28.4. The van der Waals surface area contributed by atoms with Crippen LogP contribution in [0, 0.1) is 24.2 Å². The van der Waals surface area contributed by atoms with Gasteiger partial charge in [-0.15, -0.1) is 0 Å². The fourth-order valence-electron chi connectivity index (χ4n) is 7.39. The number of benzene rings is 2. The van der Waals surface area contributed by atoms with Gasteiger partial charge < -0.3 is 14.6 Å². The third kappa shape index (κ3) is 6.17. The van der Waals surface area contributed by atoms with Crippen LogP contribution in [0.2, 0.25) is 0 Å². The summed E-state index contributed by atoms with van der Waals surface area (Å²) >= 11 is 0. The molecule has 3 fully saturated rings. The molecule has 0 radical (unpaired) electrons. The predicted molar refractivity (Wildman–Crippen MR) is 162 cm³/mol. The SMILES string of the molecule is C=C(CC1(OC)CCC(Cc2cc(OCC)c(-c3ccc(C)cc3)c(C3CC3)c2)C1)C1CCC(C)(C(=O)O)CC1. The van der Waals surface area contributed by atoms with Crippen LogP contribution in [0.5, 0.6) is 5.75 Å². The number of hydrogen-bond acceptors (Lipinski definition) is 3. The Morgan fingerprint density at radius 3 is 2.35 bits per heavy atom. The van der Waals surface area contributed by atoms with Crippen LogP contribution in [0.3, 0.4) is 0 Å². The van der Waals surface area contributed by atoms with Crippen LogP contribution in [-0.2, 0) is 16.0 Å². The van der Waals surface area contributed by atoms with E-state index in [1.807, 2.05) is 14.0 Å². The molecule has 2 unspecified atom stereocenters. The lowest BCUT2D eigenvalue weighted by molar-refractivity contribution is -0.150. The summed E-state index contributed by atoms with van der Waals surface area (Å²) in [6, 6.07) is 13.7. The van der Waals surface area contributed by atoms with Gasteiger partial charge in [0.15, 0.2) is 0 Å². The highest BCUT2D eigenvalue weighted by Gasteiger charge is 2.43. The quantitative estimate of drug-likeness (QED) is 0.287. The minimum absolute atomic E-state index is 0.154. The molecule has 4 nitrogen and oxygen atoms in total. The third-order valence-corrected chi connectivity index (χ3v) is 10.2. The van der Waals surface area contributed by atoms with Crippen molar-refractivity contribution in [1.82, 2.24) is 0 Å². The molecular formula is C36H48O4. The summed E-state index contributed by atoms with van der Waals surface area (Å²) in [4.78, 5) is 11.7. The van der Waals surface area contributed by atoms with Crippen molar-refractivity contribution in [2.75, 3.05) is 13.7 Å². The van der Waals surface area contributed by atoms with Crippen LogP contribution in [-0.4, -0.2) is 30.4 Å². The molecule has 40 heavy (non-hydrogen) atoms. The van der Waals surface area contributed by atoms with Crippen molar-refractivity contribution in [3.05, 3.63) is 65.2 Å². The molecule has 3 aliphatic carbocycles. The summed E-state index contributed by atoms with van der Waals surface area (Å²) in [5.74, 6) is 1.98. The highest BCUT2D eigenvalue weighted by Crippen LogP contribution is 2.50. The average molecular weight is 545 g/mol. The van der Waals surface area contributed by atoms with Gasteiger partial charge in [0.25, 0.3) is 0 Å². The minimum atomic E-state index is -0.659. The van der Waals surface area contributed by atoms with E-state index in [2.05, 4.69) is 56.8 Å². The monoisotopic (exact) mass is 544 g/mol. The van der Waals surface area contributed by atoms with Crippen LogP contribution < -0.4 is 4.74 Å². The summed E-state index contributed by atoms with van der Waals surface area (Å²) in [5, 5.41) is 9.61. The average Bonchev–Trinajstić information content (AvgIpc) is 3.71. The molecule has 0 bridgehead atoms. The van der Waals surface area contributed by atoms with E-state index in [0.717, 1.165) is 63.5 Å². The number of rotatable bonds is 11. The molecule has 0 aromatic heterocycles. The van der Waals surface area contributed by atoms with Gasteiger partial charge in [-0.1, -0.05) is 48.0 Å². The Morgan fingerprint density at radius 2 is 1.75 bits per heavy atom. The summed E-state index contributed by atoms with van der Waals surface area (Å²) in [6.07, 6.45) is 11.0. The number of carboxylic acid groups (broad SMARTS) is 1. The molecule has 1 N–H and O–H groups in total. The van der Waals surface area contributed by atoms with Crippen LogP contribution in [0.25, 0.3) is 11.1 Å². The standard InChI is InChI=1S/C36H48O4/c1-6-40-32-21-27(20-31(29-11-12-29)33(32)30-9-7-24(2)8-10-30)19-26-13-18-36(23-26,39-5)22-25(3)28-14-16-35(4,17-15-28)34(37)38/h7-10,20-21,26,28-29H,3,6,11-19,22-23H2,1-2,4-5H3,(H,37,38). The molecule has 0 amide bonds. The van der Waals surface area contributed by atoms with Crippen LogP contribution in [0.15, 0.2) is 48.6 Å². The first-order chi connectivity index (χ1) is 19.1. The van der Waals surface area contributed by atoms with Crippen molar-refractivity contribution in [1.29, 1.82) is 0 Å². The molecule has 0 spiro atoms. The molecule has 5 rings (SSSR count). The maximum Gasteiger partial charge on any atom is 0.309 e. The largest absolute Gasteiger partial charge is 0.493 e. The summed E-state index contributed by atoms with van der Waals surface area (Å²) in [5.41, 5.74) is 7.19. The van der Waals surface area contributed by atoms with E-state index in [0.29, 0.717) is 24.4 Å². The second-order valence-corrected chi connectivity index (χ2v) is 13.3. The lowest BCUT2D eigenvalue weighted by atomic mass is 9.69. The van der Waals surface area contributed by atoms with Crippen molar-refractivity contribution in [3.63, 3.8) is 0 Å². The number of hydrogen-bond donors (Lipinski definition) is 1. The highest BCUT2D eigenvalue weighted by atomic mass is 16.5. The molecule has 3 aliphatic rings. The molecule has 2 aromatic rings. The zero-order chi connectivity index (χ0) is 28.5. The van der Waals surface area contributed by atoms with Crippen molar-refractivity contribution in [2.24, 2.45) is 17.3 Å². The lowest BCUT2D eigenvalue weighted by Gasteiger charge is -2.37. The Balaban J connectivity index is 1.29. The first-order valence-electron chi connectivity index (χ1n) is 15.5. The molecule has 2 aromatic carbocycles. The Morgan fingerprint density at radius 1 is 1.05 bits per heavy atom. The first kappa shape index (κ1) is 28.9. The van der Waals surface area contributed by atoms with Gasteiger partial charge in [-0.3, -0.25) is 4.79 Å². The number of aryl methyl sites for hydroxylation is 1. The molecule has 2 atom stereocenters. The Labute approximate surface area is 241 Å². The fraction of sp³-hybridized carbons (Fsp3) is 0.583. The van der Waals surface area contributed by atoms with Crippen molar-refractivity contribution in [3.8, 4) is 16.9 Å². The van der Waals surface area contributed by atoms with Gasteiger partial charge in [-0.25, -0.2) is 0 Å². The lowest BCUT2D eigenvalue weighted by Crippen LogP contribution is -2.34. The number of carboxylic acids is 1. The van der Waals surface area contributed by atoms with E-state index in [1.54, 1.807) is 0 Å². The molecule has 4 heteroatoms. The van der Waals surface area contributed by atoms with E-state index < -0.39 is 11.4 Å². The molecule has 3 saturated carbocycles. The number of ether oxygens (including phenoxy) is 2. The van der Waals surface area contributed by atoms with Crippen molar-refractivity contribution < 1.29 is 19.4 Å². The Kier molecular flexibility index (Phi) is 8.47. The van der Waals surface area contributed by atoms with Gasteiger partial charge in [-0.05, 0) is 132 Å². The van der Waals surface area contributed by atoms with Gasteiger partial charge in [0.1, 0.15) is 5.75 Å². The van der Waals surface area contributed by atoms with Crippen LogP contribution >= 0.6 is 0 Å². The number of aliphatic carboxylic acids is 1. The molecule has 0 saturated heterocycles. The Hall–Kier alpha value is -2.59. The highest BCUT2D eigenvalue weighted by molar-refractivity contribution is 5.76. The molecule has 216 valence electrons. The van der Waals surface area contributed by atoms with Crippen LogP contribution in [0.4, 0.5) is 0 Å². The summed E-state index contributed by atoms with van der Waals surface area (Å²) < 4.78 is 12.5. The minimum Gasteiger partial charge on any atom is -0.493 e. The maximum absolute atomic E-state index is 11.7. The van der Waals surface area contributed by atoms with E-state index >= 15 is 0 Å². The Bertz CT molecular complexity index is 1220. The van der Waals surface area contributed by atoms with Gasteiger partial charge in [0, 0.05) is 12.7 Å². The summed E-state index contributed by atoms with van der Waals surface area (Å²) in [7, 11) is 1.87. The van der Waals surface area contributed by atoms with E-state index in [4.69, 9.17) is 9.47 Å². The van der Waals surface area contributed by atoms with Gasteiger partial charge in [0.2, 0.25) is 0 Å². The summed E-state index contributed by atoms with van der Waals surface area (Å²) in [6.45, 7) is 11.3. The third-order valence-electron chi connectivity index (χ3n) is 10.2. The predicted octanol–water partition coefficient (Wildman–Crippen LogP) is 8.89. The van der Waals surface area contributed by atoms with Gasteiger partial charge in [-0.2, -0.15) is 0 Å². The maximum atomic E-state index is 11.7. The topological polar surface area (TPSA) is 55.8 Å². The molecular weight excluding hydrogens is 496 g/mol. The first-order valence-corrected chi connectivity index (χ1v) is 15.5. The zero-order valence-electron chi connectivity index (χ0n) is 25.1. The molecule has 0 aliphatic heterocycles. The fourth-order valence-corrected chi connectivity index (χ4v) is 7.39. The molecule has 0 heterocycles. The van der Waals surface area contributed by atoms with Crippen LogP contribution in [0.1, 0.15) is 101 Å². The van der Waals surface area contributed by atoms with E-state index in [-0.39, 0.29) is 5.60 Å². The zero-order valence-corrected chi connectivity index (χ0v) is 25.1. The van der Waals surface area contributed by atoms with Crippen molar-refractivity contribution >= 4 is 5.97 Å². The number of carbonyl (C=O) groups is 1. The van der Waals surface area contributed by atoms with Gasteiger partial charge >= 0.3 is 5.97 Å². The second-order valence-electron chi connectivity index (χ2n) is 13.3. The van der Waals surface area contributed by atoms with Gasteiger partial charge in [0.05, 0.1) is 17.6 Å². The van der Waals surface area contributed by atoms with E-state index in [9.17, 15) is 9.90 Å².